The quantitative estimate of drug-likeness (QED) is 0.693. The zero-order valence-electron chi connectivity index (χ0n) is 14.6. The molecule has 0 saturated carbocycles. The molecule has 0 spiro atoms. The molecule has 1 aliphatic carbocycles. The Balaban J connectivity index is 1.68. The molecule has 0 aromatic heterocycles. The number of carbonyl (C=O) groups is 1. The van der Waals surface area contributed by atoms with Crippen molar-refractivity contribution in [2.24, 2.45) is 0 Å². The number of benzene rings is 3. The van der Waals surface area contributed by atoms with Crippen LogP contribution in [0, 0.1) is 0 Å². The van der Waals surface area contributed by atoms with E-state index in [4.69, 9.17) is 10.5 Å². The van der Waals surface area contributed by atoms with Crippen LogP contribution in [-0.2, 0) is 12.8 Å². The molecule has 0 amide bonds. The van der Waals surface area contributed by atoms with Crippen molar-refractivity contribution in [1.82, 2.24) is 0 Å². The fraction of sp³-hybridized carbons (Fsp3) is 0.136. The number of methoxy groups -OCH3 is 1. The third-order valence-corrected chi connectivity index (χ3v) is 4.81. The summed E-state index contributed by atoms with van der Waals surface area (Å²) in [5.41, 5.74) is 12.1. The summed E-state index contributed by atoms with van der Waals surface area (Å²) in [4.78, 5) is 13.0. The van der Waals surface area contributed by atoms with Crippen molar-refractivity contribution in [3.05, 3.63) is 82.9 Å². The van der Waals surface area contributed by atoms with Gasteiger partial charge in [-0.3, -0.25) is 4.79 Å². The molecule has 3 aromatic rings. The third-order valence-electron chi connectivity index (χ3n) is 4.81. The maximum Gasteiger partial charge on any atom is 0.193 e. The minimum atomic E-state index is 0.0703. The molecule has 1 aliphatic rings. The van der Waals surface area contributed by atoms with Gasteiger partial charge in [0, 0.05) is 16.8 Å². The molecule has 0 heterocycles. The second-order valence-electron chi connectivity index (χ2n) is 6.44. The van der Waals surface area contributed by atoms with Crippen LogP contribution in [0.3, 0.4) is 0 Å². The summed E-state index contributed by atoms with van der Waals surface area (Å²) in [6, 6.07) is 19.2. The Bertz CT molecular complexity index is 995. The van der Waals surface area contributed by atoms with E-state index in [1.54, 1.807) is 7.11 Å². The summed E-state index contributed by atoms with van der Waals surface area (Å²) < 4.78 is 5.30. The molecule has 4 heteroatoms. The normalized spacial score (nSPS) is 12.7. The van der Waals surface area contributed by atoms with E-state index in [9.17, 15) is 4.79 Å². The number of nitrogens with one attached hydrogen (secondary N) is 1. The second-order valence-corrected chi connectivity index (χ2v) is 6.44. The lowest BCUT2D eigenvalue weighted by atomic mass is 9.98. The minimum absolute atomic E-state index is 0.0703. The number of para-hydroxylation sites is 2. The molecule has 3 aromatic carbocycles. The lowest BCUT2D eigenvalue weighted by molar-refractivity contribution is 0.103. The highest BCUT2D eigenvalue weighted by molar-refractivity contribution is 6.11. The van der Waals surface area contributed by atoms with Gasteiger partial charge in [0.1, 0.15) is 5.75 Å². The van der Waals surface area contributed by atoms with E-state index < -0.39 is 0 Å². The number of rotatable bonds is 3. The largest absolute Gasteiger partial charge is 0.497 e. The van der Waals surface area contributed by atoms with Gasteiger partial charge in [0.25, 0.3) is 0 Å². The van der Waals surface area contributed by atoms with Gasteiger partial charge >= 0.3 is 0 Å². The van der Waals surface area contributed by atoms with E-state index in [1.807, 2.05) is 60.7 Å². The zero-order valence-corrected chi connectivity index (χ0v) is 14.6. The van der Waals surface area contributed by atoms with Crippen LogP contribution in [0.4, 0.5) is 17.1 Å². The van der Waals surface area contributed by atoms with Crippen LogP contribution >= 0.6 is 0 Å². The third kappa shape index (κ3) is 2.90. The van der Waals surface area contributed by atoms with Gasteiger partial charge < -0.3 is 15.8 Å². The van der Waals surface area contributed by atoms with Crippen molar-refractivity contribution in [1.29, 1.82) is 0 Å². The van der Waals surface area contributed by atoms with Crippen LogP contribution in [0.1, 0.15) is 27.0 Å². The number of carbonyl (C=O) groups excluding carboxylic acids is 1. The van der Waals surface area contributed by atoms with Crippen LogP contribution in [0.25, 0.3) is 0 Å². The summed E-state index contributed by atoms with van der Waals surface area (Å²) in [5.74, 6) is 0.852. The average molecular weight is 344 g/mol. The summed E-state index contributed by atoms with van der Waals surface area (Å²) in [7, 11) is 1.64. The molecule has 0 atom stereocenters. The SMILES string of the molecule is COc1ccc2c(c1)CCc1cc(Nc3ccccc3N)ccc1C2=O. The molecule has 0 bridgehead atoms. The summed E-state index contributed by atoms with van der Waals surface area (Å²) in [5, 5.41) is 3.34. The maximum absolute atomic E-state index is 13.0. The van der Waals surface area contributed by atoms with Gasteiger partial charge in [-0.25, -0.2) is 0 Å². The highest BCUT2D eigenvalue weighted by Crippen LogP contribution is 2.30. The first-order valence-electron chi connectivity index (χ1n) is 8.62. The van der Waals surface area contributed by atoms with Crippen molar-refractivity contribution < 1.29 is 9.53 Å². The monoisotopic (exact) mass is 344 g/mol. The molecule has 0 aliphatic heterocycles. The highest BCUT2D eigenvalue weighted by atomic mass is 16.5. The first-order valence-corrected chi connectivity index (χ1v) is 8.62. The fourth-order valence-corrected chi connectivity index (χ4v) is 3.41. The number of hydrogen-bond acceptors (Lipinski definition) is 4. The lowest BCUT2D eigenvalue weighted by Crippen LogP contribution is -2.05. The molecule has 0 radical (unpaired) electrons. The predicted molar refractivity (Wildman–Crippen MR) is 104 cm³/mol. The number of ether oxygens (including phenoxy) is 1. The number of nitrogens with two attached hydrogens (primary N) is 1. The highest BCUT2D eigenvalue weighted by Gasteiger charge is 2.21. The number of fused-ring (bicyclic) bond motifs is 2. The van der Waals surface area contributed by atoms with E-state index in [-0.39, 0.29) is 5.78 Å². The first kappa shape index (κ1) is 16.2. The van der Waals surface area contributed by atoms with Gasteiger partial charge in [-0.1, -0.05) is 12.1 Å². The Morgan fingerprint density at radius 2 is 1.62 bits per heavy atom. The molecule has 4 rings (SSSR count). The van der Waals surface area contributed by atoms with Crippen LogP contribution in [0.5, 0.6) is 5.75 Å². The number of nitrogen functional groups attached to an aromatic ring is 1. The Morgan fingerprint density at radius 1 is 0.923 bits per heavy atom. The fourth-order valence-electron chi connectivity index (χ4n) is 3.41. The average Bonchev–Trinajstić information content (AvgIpc) is 2.80. The van der Waals surface area contributed by atoms with Gasteiger partial charge in [-0.2, -0.15) is 0 Å². The summed E-state index contributed by atoms with van der Waals surface area (Å²) in [6.07, 6.45) is 1.61. The predicted octanol–water partition coefficient (Wildman–Crippen LogP) is 4.35. The zero-order chi connectivity index (χ0) is 18.1. The standard InChI is InChI=1S/C22H20N2O2/c1-26-17-9-11-19-15(13-17)7-6-14-12-16(8-10-18(14)22(19)25)24-21-5-3-2-4-20(21)23/h2-5,8-13,24H,6-7,23H2,1H3. The number of aryl methyl sites for hydroxylation is 2. The van der Waals surface area contributed by atoms with Crippen molar-refractivity contribution in [2.45, 2.75) is 12.8 Å². The van der Waals surface area contributed by atoms with Gasteiger partial charge in [0.2, 0.25) is 0 Å². The van der Waals surface area contributed by atoms with E-state index in [1.165, 1.54) is 0 Å². The van der Waals surface area contributed by atoms with E-state index >= 15 is 0 Å². The Labute approximate surface area is 152 Å². The van der Waals surface area contributed by atoms with Crippen LogP contribution in [0.2, 0.25) is 0 Å². The van der Waals surface area contributed by atoms with E-state index in [0.29, 0.717) is 5.69 Å². The first-order chi connectivity index (χ1) is 12.7. The molecule has 0 saturated heterocycles. The van der Waals surface area contributed by atoms with Crippen LogP contribution in [0.15, 0.2) is 60.7 Å². The minimum Gasteiger partial charge on any atom is -0.497 e. The number of anilines is 3. The van der Waals surface area contributed by atoms with Gasteiger partial charge in [0.15, 0.2) is 5.78 Å². The number of ketones is 1. The molecule has 130 valence electrons. The summed E-state index contributed by atoms with van der Waals surface area (Å²) >= 11 is 0. The second kappa shape index (κ2) is 6.56. The molecule has 0 fully saturated rings. The Morgan fingerprint density at radius 3 is 2.35 bits per heavy atom. The van der Waals surface area contributed by atoms with Crippen molar-refractivity contribution >= 4 is 22.8 Å². The molecular formula is C22H20N2O2. The number of hydrogen-bond donors (Lipinski definition) is 2. The summed E-state index contributed by atoms with van der Waals surface area (Å²) in [6.45, 7) is 0. The van der Waals surface area contributed by atoms with Crippen LogP contribution < -0.4 is 15.8 Å². The van der Waals surface area contributed by atoms with Crippen LogP contribution in [-0.4, -0.2) is 12.9 Å². The van der Waals surface area contributed by atoms with E-state index in [2.05, 4.69) is 5.32 Å². The Kier molecular flexibility index (Phi) is 4.09. The van der Waals surface area contributed by atoms with Gasteiger partial charge in [-0.05, 0) is 72.5 Å². The topological polar surface area (TPSA) is 64.3 Å². The molecule has 26 heavy (non-hydrogen) atoms. The van der Waals surface area contributed by atoms with Crippen molar-refractivity contribution in [2.75, 3.05) is 18.2 Å². The molecule has 0 unspecified atom stereocenters. The Hall–Kier alpha value is -3.27. The van der Waals surface area contributed by atoms with Gasteiger partial charge in [0.05, 0.1) is 18.5 Å². The lowest BCUT2D eigenvalue weighted by Gasteiger charge is -2.12. The molecule has 4 nitrogen and oxygen atoms in total. The molecule has 3 N–H and O–H groups in total. The van der Waals surface area contributed by atoms with E-state index in [0.717, 1.165) is 52.2 Å². The molecular weight excluding hydrogens is 324 g/mol. The maximum atomic E-state index is 13.0. The smallest absolute Gasteiger partial charge is 0.193 e. The van der Waals surface area contributed by atoms with Crippen molar-refractivity contribution in [3.63, 3.8) is 0 Å². The van der Waals surface area contributed by atoms with Crippen molar-refractivity contribution in [3.8, 4) is 5.75 Å². The van der Waals surface area contributed by atoms with Gasteiger partial charge in [-0.15, -0.1) is 0 Å².